The average Bonchev–Trinajstić information content (AvgIpc) is 2.77. The van der Waals surface area contributed by atoms with Gasteiger partial charge in [0.05, 0.1) is 18.8 Å². The monoisotopic (exact) mass is 489 g/mol. The number of carboxylic acid groups (broad SMARTS) is 1. The number of carbonyl (C=O) groups is 2. The highest BCUT2D eigenvalue weighted by molar-refractivity contribution is 6.30. The first kappa shape index (κ1) is 26.0. The first-order valence-electron chi connectivity index (χ1n) is 11.5. The van der Waals surface area contributed by atoms with Crippen molar-refractivity contribution in [2.75, 3.05) is 13.2 Å². The lowest BCUT2D eigenvalue weighted by atomic mass is 9.80. The third kappa shape index (κ3) is 6.95. The Morgan fingerprint density at radius 2 is 1.97 bits per heavy atom. The molecule has 0 spiro atoms. The maximum atomic E-state index is 12.4. The highest BCUT2D eigenvalue weighted by atomic mass is 35.5. The van der Waals surface area contributed by atoms with Gasteiger partial charge in [-0.05, 0) is 48.7 Å². The van der Waals surface area contributed by atoms with Crippen LogP contribution in [0.2, 0.25) is 5.02 Å². The number of nitrogens with one attached hydrogen (secondary N) is 1. The number of aryl methyl sites for hydroxylation is 1. The van der Waals surface area contributed by atoms with E-state index >= 15 is 0 Å². The minimum absolute atomic E-state index is 0.0158. The molecule has 2 aromatic carbocycles. The van der Waals surface area contributed by atoms with Crippen molar-refractivity contribution in [2.45, 2.75) is 63.7 Å². The second-order valence-corrected chi connectivity index (χ2v) is 9.40. The first-order chi connectivity index (χ1) is 16.2. The smallest absolute Gasteiger partial charge is 0.341 e. The normalized spacial score (nSPS) is 22.2. The summed E-state index contributed by atoms with van der Waals surface area (Å²) >= 11 is 6.24. The molecule has 3 N–H and O–H groups in total. The number of benzene rings is 2. The van der Waals surface area contributed by atoms with Crippen LogP contribution in [-0.2, 0) is 20.7 Å². The van der Waals surface area contributed by atoms with Gasteiger partial charge in [0.2, 0.25) is 5.91 Å². The van der Waals surface area contributed by atoms with E-state index in [9.17, 15) is 14.7 Å². The van der Waals surface area contributed by atoms with Gasteiger partial charge in [-0.1, -0.05) is 43.1 Å². The number of halogens is 1. The summed E-state index contributed by atoms with van der Waals surface area (Å²) in [6.45, 7) is 3.36. The molecule has 184 valence electrons. The molecule has 0 saturated carbocycles. The summed E-state index contributed by atoms with van der Waals surface area (Å²) < 4.78 is 12.2. The molecule has 0 radical (unpaired) electrons. The summed E-state index contributed by atoms with van der Waals surface area (Å²) in [6, 6.07) is 13.2. The van der Waals surface area contributed by atoms with Crippen LogP contribution in [0.4, 0.5) is 0 Å². The van der Waals surface area contributed by atoms with Gasteiger partial charge in [0.15, 0.2) is 6.61 Å². The quantitative estimate of drug-likeness (QED) is 0.450. The molecule has 0 bridgehead atoms. The van der Waals surface area contributed by atoms with E-state index in [0.29, 0.717) is 23.6 Å². The van der Waals surface area contributed by atoms with Crippen LogP contribution in [0.5, 0.6) is 5.75 Å². The van der Waals surface area contributed by atoms with Crippen molar-refractivity contribution in [3.05, 3.63) is 64.2 Å². The van der Waals surface area contributed by atoms with Crippen molar-refractivity contribution in [3.8, 4) is 5.75 Å². The molecule has 1 fully saturated rings. The summed E-state index contributed by atoms with van der Waals surface area (Å²) in [4.78, 5) is 23.6. The Bertz CT molecular complexity index is 1010. The Kier molecular flexibility index (Phi) is 8.94. The number of amides is 1. The number of carbonyl (C=O) groups excluding carboxylic acids is 1. The van der Waals surface area contributed by atoms with Gasteiger partial charge < -0.3 is 25.0 Å². The summed E-state index contributed by atoms with van der Waals surface area (Å²) in [7, 11) is 0. The lowest BCUT2D eigenvalue weighted by Crippen LogP contribution is -2.51. The van der Waals surface area contributed by atoms with Gasteiger partial charge in [-0.2, -0.15) is 0 Å². The minimum Gasteiger partial charge on any atom is -0.482 e. The fourth-order valence-electron chi connectivity index (χ4n) is 4.45. The summed E-state index contributed by atoms with van der Waals surface area (Å²) in [6.07, 6.45) is 1.99. The van der Waals surface area contributed by atoms with Crippen LogP contribution >= 0.6 is 11.6 Å². The fourth-order valence-corrected chi connectivity index (χ4v) is 4.65. The second kappa shape index (κ2) is 11.7. The minimum atomic E-state index is -1.06. The van der Waals surface area contributed by atoms with Crippen LogP contribution in [0.1, 0.15) is 68.4 Å². The third-order valence-corrected chi connectivity index (χ3v) is 6.15. The highest BCUT2D eigenvalue weighted by Gasteiger charge is 2.41. The van der Waals surface area contributed by atoms with Crippen LogP contribution in [0, 0.1) is 0 Å². The fraction of sp³-hybridized carbons (Fsp3) is 0.462. The van der Waals surface area contributed by atoms with E-state index < -0.39 is 24.2 Å². The first-order valence-corrected chi connectivity index (χ1v) is 11.9. The summed E-state index contributed by atoms with van der Waals surface area (Å²) in [5, 5.41) is 22.0. The second-order valence-electron chi connectivity index (χ2n) is 8.96. The number of ether oxygens (including phenoxy) is 2. The van der Waals surface area contributed by atoms with Gasteiger partial charge in [-0.3, -0.25) is 4.79 Å². The summed E-state index contributed by atoms with van der Waals surface area (Å²) in [5.41, 5.74) is 2.10. The van der Waals surface area contributed by atoms with E-state index in [4.69, 9.17) is 26.2 Å². The number of aliphatic carboxylic acids is 1. The lowest BCUT2D eigenvalue weighted by Gasteiger charge is -2.43. The zero-order valence-corrected chi connectivity index (χ0v) is 20.3. The Morgan fingerprint density at radius 3 is 2.65 bits per heavy atom. The molecule has 34 heavy (non-hydrogen) atoms. The molecule has 0 unspecified atom stereocenters. The zero-order chi connectivity index (χ0) is 24.7. The van der Waals surface area contributed by atoms with Gasteiger partial charge in [0.25, 0.3) is 0 Å². The van der Waals surface area contributed by atoms with Crippen LogP contribution in [0.15, 0.2) is 42.5 Å². The Labute approximate surface area is 205 Å². The van der Waals surface area contributed by atoms with Crippen LogP contribution < -0.4 is 10.1 Å². The molecule has 0 aliphatic carbocycles. The molecule has 3 rings (SSSR count). The SMILES string of the molecule is CCCc1ccc(OCC(=O)O)c([C@H]2C[C@@](C)(NC(=O)CCO)C[C@@H](c3cccc(Cl)c3)O2)c1. The van der Waals surface area contributed by atoms with Crippen molar-refractivity contribution in [1.82, 2.24) is 5.32 Å². The van der Waals surface area contributed by atoms with Gasteiger partial charge in [0.1, 0.15) is 5.75 Å². The van der Waals surface area contributed by atoms with Crippen LogP contribution in [0.3, 0.4) is 0 Å². The maximum absolute atomic E-state index is 12.4. The molecule has 1 aliphatic heterocycles. The molecule has 1 amide bonds. The van der Waals surface area contributed by atoms with Crippen LogP contribution in [-0.4, -0.2) is 40.8 Å². The lowest BCUT2D eigenvalue weighted by molar-refractivity contribution is -0.139. The highest BCUT2D eigenvalue weighted by Crippen LogP contribution is 2.46. The number of hydrogen-bond donors (Lipinski definition) is 3. The van der Waals surface area contributed by atoms with Crippen molar-refractivity contribution in [2.24, 2.45) is 0 Å². The number of carboxylic acids is 1. The van der Waals surface area contributed by atoms with Gasteiger partial charge >= 0.3 is 5.97 Å². The van der Waals surface area contributed by atoms with Crippen molar-refractivity contribution < 1.29 is 29.3 Å². The van der Waals surface area contributed by atoms with Gasteiger partial charge in [-0.15, -0.1) is 0 Å². The predicted octanol–water partition coefficient (Wildman–Crippen LogP) is 4.61. The molecular weight excluding hydrogens is 458 g/mol. The largest absolute Gasteiger partial charge is 0.482 e. The number of hydrogen-bond acceptors (Lipinski definition) is 5. The maximum Gasteiger partial charge on any atom is 0.341 e. The molecule has 1 heterocycles. The van der Waals surface area contributed by atoms with Gasteiger partial charge in [-0.25, -0.2) is 4.79 Å². The molecule has 0 aromatic heterocycles. The topological polar surface area (TPSA) is 105 Å². The van der Waals surface area contributed by atoms with E-state index in [-0.39, 0.29) is 25.0 Å². The zero-order valence-electron chi connectivity index (χ0n) is 19.6. The standard InChI is InChI=1S/C26H32ClNO6/c1-3-5-17-8-9-21(33-16-25(31)32)20(12-17)23-15-26(2,28-24(30)10-11-29)14-22(34-23)18-6-4-7-19(27)13-18/h4,6-9,12-13,22-23,29H,3,5,10-11,14-16H2,1-2H3,(H,28,30)(H,31,32)/t22-,23+,26-/m0/s1. The number of aliphatic hydroxyl groups is 1. The number of rotatable bonds is 10. The van der Waals surface area contributed by atoms with E-state index in [1.807, 2.05) is 37.3 Å². The van der Waals surface area contributed by atoms with Gasteiger partial charge in [0, 0.05) is 35.4 Å². The molecule has 8 heteroatoms. The Hall–Kier alpha value is -2.61. The van der Waals surface area contributed by atoms with Crippen LogP contribution in [0.25, 0.3) is 0 Å². The Morgan fingerprint density at radius 1 is 1.21 bits per heavy atom. The average molecular weight is 490 g/mol. The molecule has 1 saturated heterocycles. The molecule has 1 aliphatic rings. The van der Waals surface area contributed by atoms with Crippen molar-refractivity contribution in [3.63, 3.8) is 0 Å². The van der Waals surface area contributed by atoms with Crippen molar-refractivity contribution in [1.29, 1.82) is 0 Å². The predicted molar refractivity (Wildman–Crippen MR) is 129 cm³/mol. The molecular formula is C26H32ClNO6. The van der Waals surface area contributed by atoms with E-state index in [1.54, 1.807) is 12.1 Å². The molecule has 7 nitrogen and oxygen atoms in total. The van der Waals surface area contributed by atoms with Crippen molar-refractivity contribution >= 4 is 23.5 Å². The van der Waals surface area contributed by atoms with E-state index in [2.05, 4.69) is 12.2 Å². The number of aliphatic hydroxyl groups excluding tert-OH is 1. The Balaban J connectivity index is 2.01. The summed E-state index contributed by atoms with van der Waals surface area (Å²) in [5.74, 6) is -0.855. The molecule has 2 aromatic rings. The van der Waals surface area contributed by atoms with E-state index in [1.165, 1.54) is 0 Å². The third-order valence-electron chi connectivity index (χ3n) is 5.91. The molecule has 3 atom stereocenters. The van der Waals surface area contributed by atoms with E-state index in [0.717, 1.165) is 29.5 Å².